The molecule has 0 saturated carbocycles. The zero-order valence-corrected chi connectivity index (χ0v) is 10.5. The summed E-state index contributed by atoms with van der Waals surface area (Å²) in [6.45, 7) is 3.55. The molecule has 0 spiro atoms. The largest absolute Gasteiger partial charge is 0.250 e. The molecular weight excluding hydrogens is 289 g/mol. The lowest BCUT2D eigenvalue weighted by Gasteiger charge is -2.03. The first-order valence-corrected chi connectivity index (χ1v) is 5.73. The van der Waals surface area contributed by atoms with E-state index in [0.717, 1.165) is 11.8 Å². The van der Waals surface area contributed by atoms with Crippen molar-refractivity contribution in [2.24, 2.45) is 4.99 Å². The molecule has 0 heterocycles. The topological polar surface area (TPSA) is 12.4 Å². The van der Waals surface area contributed by atoms with E-state index >= 15 is 0 Å². The maximum Gasteiger partial charge on any atom is 0.200 e. The Labute approximate surface area is 117 Å². The molecule has 0 amide bonds. The Balaban J connectivity index is 2.43. The third-order valence-corrected chi connectivity index (χ3v) is 2.70. The monoisotopic (exact) mass is 297 g/mol. The van der Waals surface area contributed by atoms with Crippen molar-refractivity contribution >= 4 is 18.0 Å². The van der Waals surface area contributed by atoms with Crippen molar-refractivity contribution in [3.05, 3.63) is 71.1 Å². The minimum Gasteiger partial charge on any atom is -0.250 e. The molecule has 0 atom stereocenters. The molecule has 108 valence electrons. The fourth-order valence-electron chi connectivity index (χ4n) is 1.56. The summed E-state index contributed by atoms with van der Waals surface area (Å²) < 4.78 is 65.6. The van der Waals surface area contributed by atoms with Crippen LogP contribution in [0.1, 0.15) is 11.1 Å². The molecule has 0 radical (unpaired) electrons. The van der Waals surface area contributed by atoms with Gasteiger partial charge >= 0.3 is 0 Å². The first kappa shape index (κ1) is 14.9. The molecule has 0 fully saturated rings. The molecule has 2 aromatic rings. The van der Waals surface area contributed by atoms with Crippen LogP contribution in [0.5, 0.6) is 0 Å². The molecule has 0 aliphatic carbocycles. The van der Waals surface area contributed by atoms with Crippen LogP contribution in [0.2, 0.25) is 0 Å². The van der Waals surface area contributed by atoms with Gasteiger partial charge in [-0.05, 0) is 11.1 Å². The van der Waals surface area contributed by atoms with E-state index in [1.54, 1.807) is 30.3 Å². The van der Waals surface area contributed by atoms with E-state index in [0.29, 0.717) is 5.56 Å². The third kappa shape index (κ3) is 2.84. The number of benzene rings is 2. The van der Waals surface area contributed by atoms with Gasteiger partial charge in [-0.2, -0.15) is 0 Å². The Kier molecular flexibility index (Phi) is 4.16. The molecule has 2 aromatic carbocycles. The van der Waals surface area contributed by atoms with E-state index < -0.39 is 34.8 Å². The second kappa shape index (κ2) is 5.87. The minimum atomic E-state index is -2.21. The minimum absolute atomic E-state index is 0.435. The number of hydrogen-bond acceptors (Lipinski definition) is 1. The number of rotatable bonds is 3. The summed E-state index contributed by atoms with van der Waals surface area (Å²) in [5.74, 6) is -10.2. The van der Waals surface area contributed by atoms with Gasteiger partial charge in [-0.1, -0.05) is 36.9 Å². The van der Waals surface area contributed by atoms with E-state index in [1.807, 2.05) is 0 Å². The molecule has 2 rings (SSSR count). The molecule has 21 heavy (non-hydrogen) atoms. The number of halogens is 5. The average molecular weight is 297 g/mol. The normalized spacial score (nSPS) is 11.1. The second-order valence-electron chi connectivity index (χ2n) is 4.05. The standard InChI is InChI=1S/C15H8F5N/c1-2-8-3-5-9(6-4-8)7-21-15-13(19)11(17)10(16)12(18)14(15)20/h2-7H,1H2. The molecular formula is C15H8F5N. The SMILES string of the molecule is C=Cc1ccc(C=Nc2c(F)c(F)c(F)c(F)c2F)cc1. The predicted octanol–water partition coefficient (Wildman–Crippen LogP) is 4.78. The highest BCUT2D eigenvalue weighted by atomic mass is 19.2. The molecule has 0 aromatic heterocycles. The highest BCUT2D eigenvalue weighted by Gasteiger charge is 2.25. The fraction of sp³-hybridized carbons (Fsp3) is 0. The van der Waals surface area contributed by atoms with E-state index in [9.17, 15) is 22.0 Å². The molecule has 1 nitrogen and oxygen atoms in total. The Hall–Kier alpha value is -2.50. The van der Waals surface area contributed by atoms with Gasteiger partial charge in [0.15, 0.2) is 23.3 Å². The fourth-order valence-corrected chi connectivity index (χ4v) is 1.56. The van der Waals surface area contributed by atoms with Gasteiger partial charge < -0.3 is 0 Å². The van der Waals surface area contributed by atoms with Crippen LogP contribution >= 0.6 is 0 Å². The van der Waals surface area contributed by atoms with Crippen LogP contribution < -0.4 is 0 Å². The summed E-state index contributed by atoms with van der Waals surface area (Å²) in [7, 11) is 0. The van der Waals surface area contributed by atoms with Crippen molar-refractivity contribution in [1.29, 1.82) is 0 Å². The summed E-state index contributed by atoms with van der Waals surface area (Å²) in [4.78, 5) is 3.35. The van der Waals surface area contributed by atoms with Gasteiger partial charge in [0.2, 0.25) is 5.82 Å². The van der Waals surface area contributed by atoms with Crippen molar-refractivity contribution < 1.29 is 22.0 Å². The lowest BCUT2D eigenvalue weighted by molar-refractivity contribution is 0.381. The van der Waals surface area contributed by atoms with Crippen molar-refractivity contribution in [3.63, 3.8) is 0 Å². The average Bonchev–Trinajstić information content (AvgIpc) is 2.51. The van der Waals surface area contributed by atoms with Crippen molar-refractivity contribution in [2.75, 3.05) is 0 Å². The molecule has 0 bridgehead atoms. The lowest BCUT2D eigenvalue weighted by Crippen LogP contribution is -2.00. The first-order valence-electron chi connectivity index (χ1n) is 5.73. The van der Waals surface area contributed by atoms with E-state index in [2.05, 4.69) is 11.6 Å². The molecule has 0 aliphatic rings. The van der Waals surface area contributed by atoms with Gasteiger partial charge in [-0.3, -0.25) is 0 Å². The lowest BCUT2D eigenvalue weighted by atomic mass is 10.1. The van der Waals surface area contributed by atoms with E-state index in [1.165, 1.54) is 0 Å². The maximum absolute atomic E-state index is 13.4. The third-order valence-electron chi connectivity index (χ3n) is 2.70. The zero-order chi connectivity index (χ0) is 15.6. The first-order chi connectivity index (χ1) is 9.95. The zero-order valence-electron chi connectivity index (χ0n) is 10.5. The maximum atomic E-state index is 13.4. The van der Waals surface area contributed by atoms with Gasteiger partial charge in [0.25, 0.3) is 0 Å². The van der Waals surface area contributed by atoms with Crippen LogP contribution in [-0.4, -0.2) is 6.21 Å². The summed E-state index contributed by atoms with van der Waals surface area (Å²) in [6.07, 6.45) is 2.59. The van der Waals surface area contributed by atoms with Gasteiger partial charge in [-0.25, -0.2) is 26.9 Å². The van der Waals surface area contributed by atoms with Crippen molar-refractivity contribution in [1.82, 2.24) is 0 Å². The number of hydrogen-bond donors (Lipinski definition) is 0. The van der Waals surface area contributed by atoms with Crippen molar-refractivity contribution in [2.45, 2.75) is 0 Å². The van der Waals surface area contributed by atoms with Crippen LogP contribution in [0.15, 0.2) is 35.8 Å². The van der Waals surface area contributed by atoms with Gasteiger partial charge in [0, 0.05) is 6.21 Å². The van der Waals surface area contributed by atoms with Crippen LogP contribution in [-0.2, 0) is 0 Å². The second-order valence-corrected chi connectivity index (χ2v) is 4.05. The van der Waals surface area contributed by atoms with Gasteiger partial charge in [0.1, 0.15) is 5.69 Å². The summed E-state index contributed by atoms with van der Waals surface area (Å²) >= 11 is 0. The number of nitrogens with zero attached hydrogens (tertiary/aromatic N) is 1. The molecule has 0 unspecified atom stereocenters. The van der Waals surface area contributed by atoms with Crippen LogP contribution in [0, 0.1) is 29.1 Å². The van der Waals surface area contributed by atoms with E-state index in [-0.39, 0.29) is 0 Å². The molecule has 6 heteroatoms. The Morgan fingerprint density at radius 1 is 0.714 bits per heavy atom. The summed E-state index contributed by atoms with van der Waals surface area (Å²) in [6, 6.07) is 6.44. The molecule has 0 saturated heterocycles. The van der Waals surface area contributed by atoms with Crippen LogP contribution in [0.25, 0.3) is 6.08 Å². The van der Waals surface area contributed by atoms with Crippen molar-refractivity contribution in [3.8, 4) is 0 Å². The molecule has 0 aliphatic heterocycles. The van der Waals surface area contributed by atoms with E-state index in [4.69, 9.17) is 0 Å². The predicted molar refractivity (Wildman–Crippen MR) is 70.0 cm³/mol. The Morgan fingerprint density at radius 2 is 1.14 bits per heavy atom. The summed E-state index contributed by atoms with van der Waals surface area (Å²) in [5.41, 5.74) is 0.0205. The summed E-state index contributed by atoms with van der Waals surface area (Å²) in [5, 5.41) is 0. The van der Waals surface area contributed by atoms with Gasteiger partial charge in [-0.15, -0.1) is 0 Å². The quantitative estimate of drug-likeness (QED) is 0.335. The Morgan fingerprint density at radius 3 is 1.62 bits per heavy atom. The highest BCUT2D eigenvalue weighted by molar-refractivity contribution is 5.82. The Bertz CT molecular complexity index is 691. The molecule has 0 N–H and O–H groups in total. The van der Waals surface area contributed by atoms with Gasteiger partial charge in [0.05, 0.1) is 0 Å². The highest BCUT2D eigenvalue weighted by Crippen LogP contribution is 2.29. The smallest absolute Gasteiger partial charge is 0.200 e. The van der Waals surface area contributed by atoms with Crippen LogP contribution in [0.3, 0.4) is 0 Å². The number of aliphatic imine (C=N–C) groups is 1. The van der Waals surface area contributed by atoms with Crippen LogP contribution in [0.4, 0.5) is 27.6 Å².